The summed E-state index contributed by atoms with van der Waals surface area (Å²) >= 11 is 5.66. The number of anilines is 1. The monoisotopic (exact) mass is 295 g/mol. The molecular formula is C12H7ClFN3O3. The molecule has 20 heavy (non-hydrogen) atoms. The van der Waals surface area contributed by atoms with Gasteiger partial charge in [-0.2, -0.15) is 4.39 Å². The third kappa shape index (κ3) is 3.07. The van der Waals surface area contributed by atoms with E-state index in [1.807, 2.05) is 0 Å². The second-order valence-corrected chi connectivity index (χ2v) is 4.15. The quantitative estimate of drug-likeness (QED) is 0.536. The van der Waals surface area contributed by atoms with Gasteiger partial charge < -0.3 is 5.32 Å². The zero-order chi connectivity index (χ0) is 14.7. The van der Waals surface area contributed by atoms with Gasteiger partial charge in [0, 0.05) is 11.1 Å². The summed E-state index contributed by atoms with van der Waals surface area (Å²) < 4.78 is 12.9. The van der Waals surface area contributed by atoms with E-state index in [2.05, 4.69) is 10.3 Å². The first-order valence-electron chi connectivity index (χ1n) is 5.35. The fourth-order valence-electron chi connectivity index (χ4n) is 1.48. The summed E-state index contributed by atoms with van der Waals surface area (Å²) in [5, 5.41) is 13.3. The van der Waals surface area contributed by atoms with E-state index in [1.165, 1.54) is 24.3 Å². The average molecular weight is 296 g/mol. The fraction of sp³-hybridized carbons (Fsp3) is 0. The van der Waals surface area contributed by atoms with E-state index >= 15 is 0 Å². The van der Waals surface area contributed by atoms with Gasteiger partial charge in [0.25, 0.3) is 11.6 Å². The molecule has 0 unspecified atom stereocenters. The van der Waals surface area contributed by atoms with E-state index < -0.39 is 16.8 Å². The molecule has 0 atom stereocenters. The molecule has 0 fully saturated rings. The van der Waals surface area contributed by atoms with Crippen LogP contribution in [0.5, 0.6) is 0 Å². The normalized spacial score (nSPS) is 10.1. The third-order valence-corrected chi connectivity index (χ3v) is 2.59. The zero-order valence-corrected chi connectivity index (χ0v) is 10.6. The van der Waals surface area contributed by atoms with Crippen LogP contribution in [0.15, 0.2) is 36.4 Å². The predicted molar refractivity (Wildman–Crippen MR) is 70.3 cm³/mol. The van der Waals surface area contributed by atoms with Crippen molar-refractivity contribution in [2.24, 2.45) is 0 Å². The van der Waals surface area contributed by atoms with Crippen molar-refractivity contribution in [3.05, 3.63) is 63.2 Å². The second kappa shape index (κ2) is 5.62. The van der Waals surface area contributed by atoms with E-state index in [4.69, 9.17) is 11.6 Å². The molecule has 2 aromatic rings. The highest BCUT2D eigenvalue weighted by molar-refractivity contribution is 6.31. The summed E-state index contributed by atoms with van der Waals surface area (Å²) in [5.74, 6) is -1.57. The van der Waals surface area contributed by atoms with Gasteiger partial charge in [-0.15, -0.1) is 0 Å². The van der Waals surface area contributed by atoms with Crippen molar-refractivity contribution in [2.75, 3.05) is 5.32 Å². The molecule has 0 bridgehead atoms. The molecule has 6 nitrogen and oxygen atoms in total. The Kier molecular flexibility index (Phi) is 3.90. The predicted octanol–water partition coefficient (Wildman–Crippen LogP) is 3.03. The number of hydrogen-bond donors (Lipinski definition) is 1. The Morgan fingerprint density at radius 3 is 2.75 bits per heavy atom. The highest BCUT2D eigenvalue weighted by Gasteiger charge is 2.18. The van der Waals surface area contributed by atoms with Crippen LogP contribution in [0.3, 0.4) is 0 Å². The summed E-state index contributed by atoms with van der Waals surface area (Å²) in [6.07, 6.45) is 0. The number of carbonyl (C=O) groups is 1. The summed E-state index contributed by atoms with van der Waals surface area (Å²) in [6, 6.07) is 7.48. The van der Waals surface area contributed by atoms with Crippen LogP contribution in [0.1, 0.15) is 10.5 Å². The first-order chi connectivity index (χ1) is 9.47. The van der Waals surface area contributed by atoms with Crippen molar-refractivity contribution in [3.63, 3.8) is 0 Å². The first-order valence-corrected chi connectivity index (χ1v) is 5.73. The van der Waals surface area contributed by atoms with E-state index in [9.17, 15) is 19.3 Å². The van der Waals surface area contributed by atoms with Crippen LogP contribution < -0.4 is 5.32 Å². The van der Waals surface area contributed by atoms with Crippen molar-refractivity contribution in [1.82, 2.24) is 4.98 Å². The molecule has 0 saturated carbocycles. The van der Waals surface area contributed by atoms with Crippen molar-refractivity contribution in [3.8, 4) is 0 Å². The topological polar surface area (TPSA) is 85.1 Å². The molecule has 1 aromatic carbocycles. The maximum atomic E-state index is 12.9. The van der Waals surface area contributed by atoms with Crippen molar-refractivity contribution in [2.45, 2.75) is 0 Å². The largest absolute Gasteiger partial charge is 0.315 e. The zero-order valence-electron chi connectivity index (χ0n) is 9.84. The highest BCUT2D eigenvalue weighted by Crippen LogP contribution is 2.27. The van der Waals surface area contributed by atoms with E-state index in [0.717, 1.165) is 12.1 Å². The SMILES string of the molecule is O=C(Nc1ccc(Cl)cc1[N+](=O)[O-])c1cccc(F)n1. The Bertz CT molecular complexity index is 693. The van der Waals surface area contributed by atoms with Crippen LogP contribution in [0, 0.1) is 16.1 Å². The second-order valence-electron chi connectivity index (χ2n) is 3.72. The molecular weight excluding hydrogens is 289 g/mol. The molecule has 1 N–H and O–H groups in total. The number of pyridine rings is 1. The lowest BCUT2D eigenvalue weighted by atomic mass is 10.2. The number of aromatic nitrogens is 1. The number of benzene rings is 1. The molecule has 0 aliphatic rings. The van der Waals surface area contributed by atoms with Gasteiger partial charge in [-0.25, -0.2) is 4.98 Å². The van der Waals surface area contributed by atoms with Crippen molar-refractivity contribution < 1.29 is 14.1 Å². The molecule has 0 spiro atoms. The van der Waals surface area contributed by atoms with Gasteiger partial charge in [0.05, 0.1) is 4.92 Å². The van der Waals surface area contributed by atoms with Crippen LogP contribution in [-0.4, -0.2) is 15.8 Å². The molecule has 8 heteroatoms. The lowest BCUT2D eigenvalue weighted by Gasteiger charge is -2.05. The lowest BCUT2D eigenvalue weighted by Crippen LogP contribution is -2.15. The Hall–Kier alpha value is -2.54. The lowest BCUT2D eigenvalue weighted by molar-refractivity contribution is -0.383. The average Bonchev–Trinajstić information content (AvgIpc) is 2.40. The van der Waals surface area contributed by atoms with Gasteiger partial charge in [-0.3, -0.25) is 14.9 Å². The highest BCUT2D eigenvalue weighted by atomic mass is 35.5. The molecule has 0 aliphatic heterocycles. The number of rotatable bonds is 3. The number of hydrogen-bond acceptors (Lipinski definition) is 4. The number of nitro benzene ring substituents is 1. The Balaban J connectivity index is 2.30. The van der Waals surface area contributed by atoms with Gasteiger partial charge in [0.1, 0.15) is 11.4 Å². The molecule has 2 rings (SSSR count). The molecule has 102 valence electrons. The molecule has 0 radical (unpaired) electrons. The number of halogens is 2. The minimum atomic E-state index is -0.816. The summed E-state index contributed by atoms with van der Waals surface area (Å²) in [7, 11) is 0. The van der Waals surface area contributed by atoms with E-state index in [1.54, 1.807) is 0 Å². The number of nitrogens with zero attached hydrogens (tertiary/aromatic N) is 2. The van der Waals surface area contributed by atoms with Crippen molar-refractivity contribution >= 4 is 28.9 Å². The Morgan fingerprint density at radius 1 is 1.35 bits per heavy atom. The summed E-state index contributed by atoms with van der Waals surface area (Å²) in [6.45, 7) is 0. The first kappa shape index (κ1) is 13.9. The maximum Gasteiger partial charge on any atom is 0.294 e. The minimum Gasteiger partial charge on any atom is -0.315 e. The van der Waals surface area contributed by atoms with Crippen LogP contribution in [0.2, 0.25) is 5.02 Å². The van der Waals surface area contributed by atoms with Gasteiger partial charge >= 0.3 is 0 Å². The van der Waals surface area contributed by atoms with Crippen LogP contribution >= 0.6 is 11.6 Å². The fourth-order valence-corrected chi connectivity index (χ4v) is 1.65. The van der Waals surface area contributed by atoms with Crippen molar-refractivity contribution in [1.29, 1.82) is 0 Å². The maximum absolute atomic E-state index is 12.9. The van der Waals surface area contributed by atoms with E-state index in [0.29, 0.717) is 0 Å². The standard InChI is InChI=1S/C12H7ClFN3O3/c13-7-4-5-8(10(6-7)17(19)20)16-12(18)9-2-1-3-11(14)15-9/h1-6H,(H,16,18). The van der Waals surface area contributed by atoms with E-state index in [-0.39, 0.29) is 22.1 Å². The molecule has 1 amide bonds. The number of nitrogens with one attached hydrogen (secondary N) is 1. The molecule has 0 aliphatic carbocycles. The van der Waals surface area contributed by atoms with Gasteiger partial charge in [-0.05, 0) is 24.3 Å². The summed E-state index contributed by atoms with van der Waals surface area (Å²) in [5.41, 5.74) is -0.591. The van der Waals surface area contributed by atoms with Gasteiger partial charge in [-0.1, -0.05) is 17.7 Å². The molecule has 1 aromatic heterocycles. The van der Waals surface area contributed by atoms with Crippen LogP contribution in [0.25, 0.3) is 0 Å². The number of carbonyl (C=O) groups excluding carboxylic acids is 1. The van der Waals surface area contributed by atoms with Crippen LogP contribution in [-0.2, 0) is 0 Å². The van der Waals surface area contributed by atoms with Crippen LogP contribution in [0.4, 0.5) is 15.8 Å². The molecule has 0 saturated heterocycles. The Labute approximate surface area is 117 Å². The third-order valence-electron chi connectivity index (χ3n) is 2.35. The smallest absolute Gasteiger partial charge is 0.294 e. The van der Waals surface area contributed by atoms with Gasteiger partial charge in [0.2, 0.25) is 5.95 Å². The molecule has 1 heterocycles. The number of amides is 1. The number of nitro groups is 1. The van der Waals surface area contributed by atoms with Gasteiger partial charge in [0.15, 0.2) is 0 Å². The Morgan fingerprint density at radius 2 is 2.10 bits per heavy atom. The minimum absolute atomic E-state index is 0.0459. The summed E-state index contributed by atoms with van der Waals surface area (Å²) in [4.78, 5) is 25.4.